The van der Waals surface area contributed by atoms with Crippen molar-refractivity contribution in [3.63, 3.8) is 0 Å². The van der Waals surface area contributed by atoms with Crippen LogP contribution in [0.4, 0.5) is 0 Å². The minimum absolute atomic E-state index is 1.28. The molecule has 0 amide bonds. The predicted octanol–water partition coefficient (Wildman–Crippen LogP) is 13.4. The molecule has 0 aromatic carbocycles. The van der Waals surface area contributed by atoms with Crippen molar-refractivity contribution in [1.82, 2.24) is 0 Å². The lowest BCUT2D eigenvalue weighted by Gasteiger charge is -2.34. The van der Waals surface area contributed by atoms with Gasteiger partial charge < -0.3 is 4.12 Å². The molecule has 41 heavy (non-hydrogen) atoms. The summed E-state index contributed by atoms with van der Waals surface area (Å²) in [6.45, 7) is 14.5. The maximum absolute atomic E-state index is 6.96. The maximum atomic E-state index is 6.96. The van der Waals surface area contributed by atoms with Crippen LogP contribution in [0.3, 0.4) is 0 Å². The van der Waals surface area contributed by atoms with Crippen LogP contribution in [0.1, 0.15) is 136 Å². The van der Waals surface area contributed by atoms with Crippen molar-refractivity contribution in [2.45, 2.75) is 181 Å². The molecule has 0 atom stereocenters. The lowest BCUT2D eigenvalue weighted by molar-refractivity contribution is 0.521. The van der Waals surface area contributed by atoms with Gasteiger partial charge in [-0.15, -0.1) is 22.7 Å². The number of rotatable bonds is 26. The summed E-state index contributed by atoms with van der Waals surface area (Å²) in [6, 6.07) is 12.2. The van der Waals surface area contributed by atoms with Crippen LogP contribution in [0.2, 0.25) is 38.3 Å². The van der Waals surface area contributed by atoms with Gasteiger partial charge in [0, 0.05) is 19.5 Å². The summed E-state index contributed by atoms with van der Waals surface area (Å²) in [5.74, 6) is 0. The third kappa shape index (κ3) is 18.3. The van der Waals surface area contributed by atoms with Crippen LogP contribution in [0.15, 0.2) is 24.3 Å². The Morgan fingerprint density at radius 1 is 0.439 bits per heavy atom. The second-order valence-electron chi connectivity index (χ2n) is 13.8. The molecule has 5 heteroatoms. The average molecular weight is 635 g/mol. The molecule has 2 aromatic heterocycles. The summed E-state index contributed by atoms with van der Waals surface area (Å²) >= 11 is 4.14. The standard InChI is InChI=1S/C36H66OS2Si2/c1-7-9-11-17-23-33-27-29-35(38-33)25-19-13-15-21-31-40(3,4)37-41(5,6)32-22-16-14-20-26-36-30-28-34(39-36)24-18-12-10-8-2/h27-30H,7-26,31-32H2,1-6H3. The quantitative estimate of drug-likeness (QED) is 0.0739. The molecular weight excluding hydrogens is 569 g/mol. The van der Waals surface area contributed by atoms with E-state index in [-0.39, 0.29) is 0 Å². The fourth-order valence-corrected chi connectivity index (χ4v) is 17.3. The Bertz CT molecular complexity index is 829. The van der Waals surface area contributed by atoms with Gasteiger partial charge in [0.2, 0.25) is 0 Å². The minimum Gasteiger partial charge on any atom is -0.455 e. The Morgan fingerprint density at radius 3 is 1.05 bits per heavy atom. The Kier molecular flexibility index (Phi) is 19.4. The monoisotopic (exact) mass is 634 g/mol. The molecule has 0 spiro atoms. The van der Waals surface area contributed by atoms with Crippen LogP contribution in [0.5, 0.6) is 0 Å². The van der Waals surface area contributed by atoms with Crippen LogP contribution in [-0.4, -0.2) is 16.6 Å². The summed E-state index contributed by atoms with van der Waals surface area (Å²) < 4.78 is 6.96. The number of unbranched alkanes of at least 4 members (excludes halogenated alkanes) is 12. The molecule has 236 valence electrons. The van der Waals surface area contributed by atoms with Gasteiger partial charge in [-0.25, -0.2) is 0 Å². The summed E-state index contributed by atoms with van der Waals surface area (Å²) in [6.07, 6.45) is 27.0. The van der Waals surface area contributed by atoms with E-state index in [0.29, 0.717) is 0 Å². The number of hydrogen-bond donors (Lipinski definition) is 0. The van der Waals surface area contributed by atoms with E-state index in [1.165, 1.54) is 141 Å². The molecule has 0 saturated heterocycles. The fourth-order valence-electron chi connectivity index (χ4n) is 6.09. The van der Waals surface area contributed by atoms with Crippen molar-refractivity contribution in [2.24, 2.45) is 0 Å². The van der Waals surface area contributed by atoms with Gasteiger partial charge in [0.1, 0.15) is 0 Å². The zero-order chi connectivity index (χ0) is 29.8. The van der Waals surface area contributed by atoms with Gasteiger partial charge in [0.15, 0.2) is 16.6 Å². The first-order chi connectivity index (χ1) is 19.7. The van der Waals surface area contributed by atoms with Crippen molar-refractivity contribution in [1.29, 1.82) is 0 Å². The second-order valence-corrected chi connectivity index (χ2v) is 25.2. The molecule has 2 aromatic rings. The Balaban J connectivity index is 1.49. The lowest BCUT2D eigenvalue weighted by atomic mass is 10.1. The summed E-state index contributed by atoms with van der Waals surface area (Å²) in [5, 5.41) is 0. The van der Waals surface area contributed by atoms with E-state index >= 15 is 0 Å². The molecule has 1 nitrogen and oxygen atoms in total. The molecule has 0 saturated carbocycles. The molecule has 0 aliphatic carbocycles. The largest absolute Gasteiger partial charge is 0.455 e. The average Bonchev–Trinajstić information content (AvgIpc) is 3.57. The van der Waals surface area contributed by atoms with Crippen LogP contribution in [0.25, 0.3) is 0 Å². The number of thiophene rings is 2. The van der Waals surface area contributed by atoms with Crippen LogP contribution in [-0.2, 0) is 29.8 Å². The van der Waals surface area contributed by atoms with Gasteiger partial charge in [0.05, 0.1) is 0 Å². The third-order valence-electron chi connectivity index (χ3n) is 8.44. The van der Waals surface area contributed by atoms with Crippen molar-refractivity contribution >= 4 is 39.3 Å². The first-order valence-electron chi connectivity index (χ1n) is 17.6. The van der Waals surface area contributed by atoms with Crippen LogP contribution in [0, 0.1) is 0 Å². The molecule has 0 aliphatic heterocycles. The van der Waals surface area contributed by atoms with Crippen molar-refractivity contribution in [3.05, 3.63) is 43.8 Å². The molecule has 2 rings (SSSR count). The van der Waals surface area contributed by atoms with E-state index in [9.17, 15) is 0 Å². The van der Waals surface area contributed by atoms with Gasteiger partial charge in [-0.05, 0) is 114 Å². The van der Waals surface area contributed by atoms with Gasteiger partial charge in [-0.3, -0.25) is 0 Å². The lowest BCUT2D eigenvalue weighted by Crippen LogP contribution is -2.44. The zero-order valence-corrected chi connectivity index (χ0v) is 31.7. The normalized spacial score (nSPS) is 12.4. The highest BCUT2D eigenvalue weighted by Gasteiger charge is 2.32. The molecule has 0 unspecified atom stereocenters. The van der Waals surface area contributed by atoms with E-state index in [1.54, 1.807) is 19.5 Å². The molecule has 0 fully saturated rings. The van der Waals surface area contributed by atoms with E-state index in [1.807, 2.05) is 0 Å². The first kappa shape index (κ1) is 37.0. The molecule has 0 aliphatic rings. The summed E-state index contributed by atoms with van der Waals surface area (Å²) in [4.78, 5) is 6.42. The predicted molar refractivity (Wildman–Crippen MR) is 194 cm³/mol. The Morgan fingerprint density at radius 2 is 0.732 bits per heavy atom. The number of aryl methyl sites for hydroxylation is 4. The summed E-state index contributed by atoms with van der Waals surface area (Å²) in [5.41, 5.74) is 0. The fraction of sp³-hybridized carbons (Fsp3) is 0.778. The molecule has 0 radical (unpaired) electrons. The van der Waals surface area contributed by atoms with Gasteiger partial charge in [-0.1, -0.05) is 90.9 Å². The number of hydrogen-bond acceptors (Lipinski definition) is 3. The van der Waals surface area contributed by atoms with E-state index in [2.05, 4.69) is 87.0 Å². The SMILES string of the molecule is CCCCCCc1ccc(CCCCCC[Si](C)(C)O[Si](C)(C)CCCCCCc2ccc(CCCCCC)s2)s1. The first-order valence-corrected chi connectivity index (χ1v) is 25.4. The maximum Gasteiger partial charge on any atom is 0.173 e. The smallest absolute Gasteiger partial charge is 0.173 e. The Labute approximate surface area is 266 Å². The van der Waals surface area contributed by atoms with Gasteiger partial charge in [0.25, 0.3) is 0 Å². The third-order valence-corrected chi connectivity index (χ3v) is 18.4. The topological polar surface area (TPSA) is 9.23 Å². The van der Waals surface area contributed by atoms with Crippen molar-refractivity contribution in [2.75, 3.05) is 0 Å². The second kappa shape index (κ2) is 21.5. The highest BCUT2D eigenvalue weighted by molar-refractivity contribution is 7.12. The molecule has 2 heterocycles. The Hall–Kier alpha value is -0.206. The van der Waals surface area contributed by atoms with Gasteiger partial charge in [-0.2, -0.15) is 0 Å². The van der Waals surface area contributed by atoms with Gasteiger partial charge >= 0.3 is 0 Å². The van der Waals surface area contributed by atoms with Crippen LogP contribution < -0.4 is 0 Å². The highest BCUT2D eigenvalue weighted by atomic mass is 32.1. The van der Waals surface area contributed by atoms with Crippen molar-refractivity contribution < 1.29 is 4.12 Å². The van der Waals surface area contributed by atoms with Crippen LogP contribution >= 0.6 is 22.7 Å². The molecule has 0 N–H and O–H groups in total. The molecule has 0 bridgehead atoms. The highest BCUT2D eigenvalue weighted by Crippen LogP contribution is 2.27. The van der Waals surface area contributed by atoms with E-state index < -0.39 is 16.6 Å². The zero-order valence-electron chi connectivity index (χ0n) is 28.1. The van der Waals surface area contributed by atoms with Crippen molar-refractivity contribution in [3.8, 4) is 0 Å². The minimum atomic E-state index is -1.55. The van der Waals surface area contributed by atoms with E-state index in [0.717, 1.165) is 0 Å². The molecular formula is C36H66OS2Si2. The summed E-state index contributed by atoms with van der Waals surface area (Å²) in [7, 11) is -3.09. The van der Waals surface area contributed by atoms with E-state index in [4.69, 9.17) is 4.12 Å².